The number of phenolic OH excluding ortho intramolecular Hbond substituents is 2. The highest BCUT2D eigenvalue weighted by Crippen LogP contribution is 2.35. The maximum absolute atomic E-state index is 12.3. The SMILES string of the molecule is COC(=O)C1CCN(C(=O)COC(=O)c2cc(O)c3ccccc3c2O)CC1. The first kappa shape index (κ1) is 19.5. The Morgan fingerprint density at radius 2 is 1.75 bits per heavy atom. The fourth-order valence-electron chi connectivity index (χ4n) is 3.32. The standard InChI is InChI=1S/C20H21NO7/c1-27-19(25)12-6-8-21(9-7-12)17(23)11-28-20(26)15-10-16(22)13-4-2-3-5-14(13)18(15)24/h2-5,10,12,22,24H,6-9,11H2,1H3. The van der Waals surface area contributed by atoms with Crippen molar-refractivity contribution in [3.8, 4) is 11.5 Å². The minimum absolute atomic E-state index is 0.170. The highest BCUT2D eigenvalue weighted by Gasteiger charge is 2.28. The fraction of sp³-hybridized carbons (Fsp3) is 0.350. The van der Waals surface area contributed by atoms with E-state index >= 15 is 0 Å². The van der Waals surface area contributed by atoms with Gasteiger partial charge in [0.15, 0.2) is 6.61 Å². The molecule has 148 valence electrons. The Bertz CT molecular complexity index is 916. The lowest BCUT2D eigenvalue weighted by molar-refractivity contribution is -0.149. The lowest BCUT2D eigenvalue weighted by Crippen LogP contribution is -2.42. The summed E-state index contributed by atoms with van der Waals surface area (Å²) in [6.45, 7) is 0.255. The fourth-order valence-corrected chi connectivity index (χ4v) is 3.32. The third-order valence-electron chi connectivity index (χ3n) is 4.92. The van der Waals surface area contributed by atoms with Crippen molar-refractivity contribution in [2.75, 3.05) is 26.8 Å². The second-order valence-corrected chi connectivity index (χ2v) is 6.59. The quantitative estimate of drug-likeness (QED) is 0.608. The van der Waals surface area contributed by atoms with Crippen molar-refractivity contribution in [2.24, 2.45) is 5.92 Å². The number of aromatic hydroxyl groups is 2. The van der Waals surface area contributed by atoms with Gasteiger partial charge in [-0.15, -0.1) is 0 Å². The van der Waals surface area contributed by atoms with E-state index in [1.165, 1.54) is 12.0 Å². The van der Waals surface area contributed by atoms with Crippen LogP contribution in [0.1, 0.15) is 23.2 Å². The minimum atomic E-state index is -0.906. The number of piperidine rings is 1. The molecule has 2 N–H and O–H groups in total. The van der Waals surface area contributed by atoms with Gasteiger partial charge in [0.1, 0.15) is 17.1 Å². The molecule has 1 aliphatic heterocycles. The van der Waals surface area contributed by atoms with Crippen molar-refractivity contribution in [1.29, 1.82) is 0 Å². The molecule has 1 saturated heterocycles. The average molecular weight is 387 g/mol. The Hall–Kier alpha value is -3.29. The number of amides is 1. The van der Waals surface area contributed by atoms with Crippen LogP contribution in [0.5, 0.6) is 11.5 Å². The highest BCUT2D eigenvalue weighted by molar-refractivity contribution is 6.04. The summed E-state index contributed by atoms with van der Waals surface area (Å²) in [6.07, 6.45) is 0.984. The zero-order chi connectivity index (χ0) is 20.3. The summed E-state index contributed by atoms with van der Waals surface area (Å²) in [5.41, 5.74) is -0.214. The molecule has 0 bridgehead atoms. The number of hydrogen-bond donors (Lipinski definition) is 2. The van der Waals surface area contributed by atoms with Gasteiger partial charge in [0.2, 0.25) is 0 Å². The number of esters is 2. The van der Waals surface area contributed by atoms with Crippen LogP contribution in [-0.2, 0) is 19.1 Å². The van der Waals surface area contributed by atoms with Crippen LogP contribution in [0.15, 0.2) is 30.3 Å². The Morgan fingerprint density at radius 3 is 2.39 bits per heavy atom. The molecule has 1 heterocycles. The minimum Gasteiger partial charge on any atom is -0.507 e. The molecule has 0 atom stereocenters. The lowest BCUT2D eigenvalue weighted by Gasteiger charge is -2.30. The van der Waals surface area contributed by atoms with Crippen LogP contribution in [0, 0.1) is 5.92 Å². The third-order valence-corrected chi connectivity index (χ3v) is 4.92. The van der Waals surface area contributed by atoms with E-state index in [1.54, 1.807) is 24.3 Å². The summed E-state index contributed by atoms with van der Waals surface area (Å²) in [5, 5.41) is 21.1. The summed E-state index contributed by atoms with van der Waals surface area (Å²) in [6, 6.07) is 7.66. The molecule has 3 rings (SSSR count). The van der Waals surface area contributed by atoms with E-state index in [4.69, 9.17) is 9.47 Å². The molecule has 2 aromatic carbocycles. The predicted molar refractivity (Wildman–Crippen MR) is 98.9 cm³/mol. The van der Waals surface area contributed by atoms with Crippen LogP contribution in [0.4, 0.5) is 0 Å². The number of carbonyl (C=O) groups is 3. The van der Waals surface area contributed by atoms with E-state index in [0.717, 1.165) is 6.07 Å². The summed E-state index contributed by atoms with van der Waals surface area (Å²) in [7, 11) is 1.33. The Morgan fingerprint density at radius 1 is 1.11 bits per heavy atom. The van der Waals surface area contributed by atoms with E-state index < -0.39 is 12.6 Å². The molecule has 2 aromatic rings. The predicted octanol–water partition coefficient (Wildman–Crippen LogP) is 1.82. The molecule has 1 aliphatic rings. The summed E-state index contributed by atoms with van der Waals surface area (Å²) < 4.78 is 9.74. The molecule has 28 heavy (non-hydrogen) atoms. The van der Waals surface area contributed by atoms with Crippen molar-refractivity contribution in [1.82, 2.24) is 4.90 Å². The number of hydrogen-bond acceptors (Lipinski definition) is 7. The normalized spacial score (nSPS) is 14.7. The zero-order valence-electron chi connectivity index (χ0n) is 15.4. The molecule has 0 spiro atoms. The second-order valence-electron chi connectivity index (χ2n) is 6.59. The molecule has 8 nitrogen and oxygen atoms in total. The highest BCUT2D eigenvalue weighted by atomic mass is 16.5. The van der Waals surface area contributed by atoms with E-state index in [2.05, 4.69) is 0 Å². The van der Waals surface area contributed by atoms with Gasteiger partial charge in [0.05, 0.1) is 13.0 Å². The van der Waals surface area contributed by atoms with Crippen molar-refractivity contribution in [3.05, 3.63) is 35.9 Å². The van der Waals surface area contributed by atoms with Crippen molar-refractivity contribution >= 4 is 28.6 Å². The second kappa shape index (κ2) is 8.16. The van der Waals surface area contributed by atoms with E-state index in [-0.39, 0.29) is 34.9 Å². The summed E-state index contributed by atoms with van der Waals surface area (Å²) >= 11 is 0. The number of methoxy groups -OCH3 is 1. The van der Waals surface area contributed by atoms with Crippen molar-refractivity contribution in [3.63, 3.8) is 0 Å². The van der Waals surface area contributed by atoms with Crippen LogP contribution in [0.25, 0.3) is 10.8 Å². The molecule has 0 aromatic heterocycles. The Kier molecular flexibility index (Phi) is 5.67. The average Bonchev–Trinajstić information content (AvgIpc) is 2.73. The van der Waals surface area contributed by atoms with Crippen LogP contribution >= 0.6 is 0 Å². The van der Waals surface area contributed by atoms with Crippen LogP contribution < -0.4 is 0 Å². The molecular formula is C20H21NO7. The number of phenols is 2. The molecule has 0 unspecified atom stereocenters. The molecular weight excluding hydrogens is 366 g/mol. The topological polar surface area (TPSA) is 113 Å². The van der Waals surface area contributed by atoms with Crippen molar-refractivity contribution < 1.29 is 34.1 Å². The smallest absolute Gasteiger partial charge is 0.342 e. The van der Waals surface area contributed by atoms with Gasteiger partial charge in [-0.2, -0.15) is 0 Å². The number of nitrogens with zero attached hydrogens (tertiary/aromatic N) is 1. The number of rotatable bonds is 4. The largest absolute Gasteiger partial charge is 0.507 e. The van der Waals surface area contributed by atoms with Gasteiger partial charge < -0.3 is 24.6 Å². The van der Waals surface area contributed by atoms with E-state index in [0.29, 0.717) is 36.7 Å². The summed E-state index contributed by atoms with van der Waals surface area (Å²) in [5.74, 6) is -2.29. The van der Waals surface area contributed by atoms with Crippen molar-refractivity contribution in [2.45, 2.75) is 12.8 Å². The van der Waals surface area contributed by atoms with Gasteiger partial charge >= 0.3 is 11.9 Å². The van der Waals surface area contributed by atoms with Crippen LogP contribution in [0.3, 0.4) is 0 Å². The maximum atomic E-state index is 12.3. The zero-order valence-corrected chi connectivity index (χ0v) is 15.4. The number of benzene rings is 2. The molecule has 1 fully saturated rings. The van der Waals surface area contributed by atoms with Gasteiger partial charge in [0, 0.05) is 23.9 Å². The van der Waals surface area contributed by atoms with Gasteiger partial charge in [-0.1, -0.05) is 24.3 Å². The van der Waals surface area contributed by atoms with Gasteiger partial charge in [0.25, 0.3) is 5.91 Å². The molecule has 1 amide bonds. The van der Waals surface area contributed by atoms with Gasteiger partial charge in [-0.25, -0.2) is 4.79 Å². The first-order valence-electron chi connectivity index (χ1n) is 8.88. The molecule has 0 radical (unpaired) electrons. The molecule has 0 aliphatic carbocycles. The number of carbonyl (C=O) groups excluding carboxylic acids is 3. The van der Waals surface area contributed by atoms with Crippen LogP contribution in [-0.4, -0.2) is 59.8 Å². The number of fused-ring (bicyclic) bond motifs is 1. The number of likely N-dealkylation sites (tertiary alicyclic amines) is 1. The Balaban J connectivity index is 1.62. The maximum Gasteiger partial charge on any atom is 0.342 e. The first-order chi connectivity index (χ1) is 13.4. The Labute approximate surface area is 161 Å². The third kappa shape index (κ3) is 3.85. The number of ether oxygens (including phenoxy) is 2. The molecule has 0 saturated carbocycles. The molecule has 8 heteroatoms. The summed E-state index contributed by atoms with van der Waals surface area (Å²) in [4.78, 5) is 37.6. The first-order valence-corrected chi connectivity index (χ1v) is 8.88. The van der Waals surface area contributed by atoms with E-state index in [1.807, 2.05) is 0 Å². The van der Waals surface area contributed by atoms with Crippen LogP contribution in [0.2, 0.25) is 0 Å². The van der Waals surface area contributed by atoms with Gasteiger partial charge in [-0.3, -0.25) is 9.59 Å². The monoisotopic (exact) mass is 387 g/mol. The lowest BCUT2D eigenvalue weighted by atomic mass is 9.97. The van der Waals surface area contributed by atoms with E-state index in [9.17, 15) is 24.6 Å². The van der Waals surface area contributed by atoms with Gasteiger partial charge in [-0.05, 0) is 18.9 Å².